The van der Waals surface area contributed by atoms with Crippen LogP contribution in [0, 0.1) is 0 Å². The van der Waals surface area contributed by atoms with Crippen LogP contribution in [0.2, 0.25) is 0 Å². The molecule has 7 nitrogen and oxygen atoms in total. The molecule has 1 aromatic rings. The highest BCUT2D eigenvalue weighted by Crippen LogP contribution is 2.23. The highest BCUT2D eigenvalue weighted by molar-refractivity contribution is 7.99. The molecule has 120 valence electrons. The van der Waals surface area contributed by atoms with Gasteiger partial charge in [-0.1, -0.05) is 18.2 Å². The van der Waals surface area contributed by atoms with Gasteiger partial charge in [-0.25, -0.2) is 4.79 Å². The summed E-state index contributed by atoms with van der Waals surface area (Å²) >= 11 is 1.19. The van der Waals surface area contributed by atoms with Crippen molar-refractivity contribution >= 4 is 29.5 Å². The van der Waals surface area contributed by atoms with E-state index in [2.05, 4.69) is 4.74 Å². The smallest absolute Gasteiger partial charge is 0.334 e. The highest BCUT2D eigenvalue weighted by atomic mass is 32.2. The molecule has 1 aromatic carbocycles. The zero-order valence-corrected chi connectivity index (χ0v) is 12.8. The lowest BCUT2D eigenvalue weighted by molar-refractivity contribution is -0.151. The number of thioether (sulfide) groups is 1. The third-order valence-corrected chi connectivity index (χ3v) is 4.14. The number of carboxylic acid groups (broad SMARTS) is 1. The average molecular weight is 326 g/mol. The summed E-state index contributed by atoms with van der Waals surface area (Å²) in [4.78, 5) is 35.7. The molecule has 0 fully saturated rings. The number of ether oxygens (including phenoxy) is 1. The van der Waals surface area contributed by atoms with Crippen LogP contribution in [-0.2, 0) is 19.1 Å². The van der Waals surface area contributed by atoms with Crippen LogP contribution in [0.4, 0.5) is 0 Å². The van der Waals surface area contributed by atoms with Gasteiger partial charge in [-0.2, -0.15) is 0 Å². The number of carbonyl (C=O) groups is 3. The Balaban J connectivity index is 2.92. The van der Waals surface area contributed by atoms with Crippen LogP contribution in [0.25, 0.3) is 0 Å². The maximum absolute atomic E-state index is 12.3. The number of hydrogen-bond donors (Lipinski definition) is 3. The molecule has 8 heteroatoms. The van der Waals surface area contributed by atoms with Crippen molar-refractivity contribution in [3.05, 3.63) is 30.3 Å². The second kappa shape index (κ2) is 7.92. The molecule has 0 heterocycles. The molecule has 0 aliphatic heterocycles. The number of nitrogens with two attached hydrogens (primary N) is 2. The van der Waals surface area contributed by atoms with E-state index in [9.17, 15) is 14.4 Å². The maximum Gasteiger partial charge on any atom is 0.334 e. The topological polar surface area (TPSA) is 133 Å². The fourth-order valence-corrected chi connectivity index (χ4v) is 2.74. The molecular weight excluding hydrogens is 308 g/mol. The number of Topliss-reactive ketones (excluding diaryl/α,β-unsaturated/α-hetero) is 1. The van der Waals surface area contributed by atoms with Crippen LogP contribution in [0.1, 0.15) is 6.42 Å². The number of rotatable bonds is 8. The molecular formula is C14H18N2O5S. The molecule has 0 saturated heterocycles. The zero-order chi connectivity index (χ0) is 16.8. The van der Waals surface area contributed by atoms with Crippen molar-refractivity contribution in [2.45, 2.75) is 22.9 Å². The van der Waals surface area contributed by atoms with Crippen LogP contribution < -0.4 is 11.5 Å². The van der Waals surface area contributed by atoms with Crippen molar-refractivity contribution in [3.8, 4) is 0 Å². The van der Waals surface area contributed by atoms with Crippen LogP contribution in [0.3, 0.4) is 0 Å². The fourth-order valence-electron chi connectivity index (χ4n) is 1.74. The SMILES string of the molecule is COC(=O)[C@@](N)(CSc1ccccc1)C(=O)[C@@H](N)CC(=O)O. The molecule has 0 radical (unpaired) electrons. The van der Waals surface area contributed by atoms with Crippen LogP contribution in [0.15, 0.2) is 35.2 Å². The molecule has 2 atom stereocenters. The largest absolute Gasteiger partial charge is 0.481 e. The van der Waals surface area contributed by atoms with E-state index in [0.29, 0.717) is 0 Å². The van der Waals surface area contributed by atoms with Gasteiger partial charge < -0.3 is 21.3 Å². The first-order valence-corrected chi connectivity index (χ1v) is 7.36. The van der Waals surface area contributed by atoms with Crippen LogP contribution in [0.5, 0.6) is 0 Å². The van der Waals surface area contributed by atoms with E-state index in [4.69, 9.17) is 16.6 Å². The molecule has 0 aromatic heterocycles. The van der Waals surface area contributed by atoms with Gasteiger partial charge in [0.05, 0.1) is 19.6 Å². The summed E-state index contributed by atoms with van der Waals surface area (Å²) in [5, 5.41) is 8.71. The summed E-state index contributed by atoms with van der Waals surface area (Å²) in [5.74, 6) is -3.15. The number of hydrogen-bond acceptors (Lipinski definition) is 7. The minimum absolute atomic E-state index is 0.101. The van der Waals surface area contributed by atoms with Crippen LogP contribution >= 0.6 is 11.8 Å². The summed E-state index contributed by atoms with van der Waals surface area (Å²) in [6, 6.07) is 7.65. The van der Waals surface area contributed by atoms with Crippen molar-refractivity contribution in [2.24, 2.45) is 11.5 Å². The number of carbonyl (C=O) groups excluding carboxylic acids is 2. The molecule has 0 aliphatic rings. The van der Waals surface area contributed by atoms with Crippen LogP contribution in [-0.4, -0.2) is 47.3 Å². The first-order chi connectivity index (χ1) is 10.3. The summed E-state index contributed by atoms with van der Waals surface area (Å²) in [7, 11) is 1.10. The van der Waals surface area contributed by atoms with Gasteiger partial charge in [0.1, 0.15) is 0 Å². The van der Waals surface area contributed by atoms with Gasteiger partial charge in [-0.15, -0.1) is 11.8 Å². The van der Waals surface area contributed by atoms with E-state index in [-0.39, 0.29) is 5.75 Å². The van der Waals surface area contributed by atoms with Gasteiger partial charge in [0, 0.05) is 10.6 Å². The van der Waals surface area contributed by atoms with Crippen molar-refractivity contribution < 1.29 is 24.2 Å². The number of benzene rings is 1. The Hall–Kier alpha value is -1.90. The number of carboxylic acids is 1. The Morgan fingerprint density at radius 1 is 1.32 bits per heavy atom. The van der Waals surface area contributed by atoms with Gasteiger partial charge >= 0.3 is 11.9 Å². The third kappa shape index (κ3) is 4.55. The molecule has 0 aliphatic carbocycles. The zero-order valence-electron chi connectivity index (χ0n) is 12.0. The molecule has 0 unspecified atom stereocenters. The second-order valence-electron chi connectivity index (χ2n) is 4.63. The Kier molecular flexibility index (Phi) is 6.54. The quantitative estimate of drug-likeness (QED) is 0.346. The highest BCUT2D eigenvalue weighted by Gasteiger charge is 2.45. The van der Waals surface area contributed by atoms with E-state index in [1.54, 1.807) is 24.3 Å². The Morgan fingerprint density at radius 3 is 2.41 bits per heavy atom. The lowest BCUT2D eigenvalue weighted by Gasteiger charge is -2.27. The second-order valence-corrected chi connectivity index (χ2v) is 5.68. The average Bonchev–Trinajstić information content (AvgIpc) is 2.51. The molecule has 0 amide bonds. The number of aliphatic carboxylic acids is 1. The number of methoxy groups -OCH3 is 1. The molecule has 1 rings (SSSR count). The van der Waals surface area contributed by atoms with Gasteiger partial charge in [0.25, 0.3) is 0 Å². The van der Waals surface area contributed by atoms with Gasteiger partial charge in [-0.05, 0) is 12.1 Å². The third-order valence-electron chi connectivity index (χ3n) is 2.93. The monoisotopic (exact) mass is 326 g/mol. The minimum Gasteiger partial charge on any atom is -0.481 e. The predicted molar refractivity (Wildman–Crippen MR) is 81.3 cm³/mol. The van der Waals surface area contributed by atoms with E-state index >= 15 is 0 Å². The molecule has 22 heavy (non-hydrogen) atoms. The summed E-state index contributed by atoms with van der Waals surface area (Å²) in [6.45, 7) is 0. The molecule has 0 saturated carbocycles. The molecule has 0 bridgehead atoms. The normalized spacial score (nSPS) is 14.7. The fraction of sp³-hybridized carbons (Fsp3) is 0.357. The first kappa shape index (κ1) is 18.1. The minimum atomic E-state index is -2.00. The lowest BCUT2D eigenvalue weighted by atomic mass is 9.91. The molecule has 5 N–H and O–H groups in total. The summed E-state index contributed by atoms with van der Waals surface area (Å²) < 4.78 is 4.58. The first-order valence-electron chi connectivity index (χ1n) is 6.38. The Bertz CT molecular complexity index is 551. The van der Waals surface area contributed by atoms with E-state index < -0.39 is 35.7 Å². The van der Waals surface area contributed by atoms with Crippen molar-refractivity contribution in [3.63, 3.8) is 0 Å². The Morgan fingerprint density at radius 2 is 1.91 bits per heavy atom. The van der Waals surface area contributed by atoms with E-state index in [1.807, 2.05) is 6.07 Å². The Labute approximate surface area is 132 Å². The number of ketones is 1. The van der Waals surface area contributed by atoms with Gasteiger partial charge in [-0.3, -0.25) is 9.59 Å². The standard InChI is InChI=1S/C14H18N2O5S/c1-21-13(20)14(16,12(19)10(15)7-11(17)18)8-22-9-5-3-2-4-6-9/h2-6,10H,7-8,15-16H2,1H3,(H,17,18)/t10-,14+/m0/s1. The van der Waals surface area contributed by atoms with Crippen molar-refractivity contribution in [1.29, 1.82) is 0 Å². The molecule has 0 spiro atoms. The summed E-state index contributed by atoms with van der Waals surface area (Å²) in [5.41, 5.74) is 9.44. The van der Waals surface area contributed by atoms with Crippen molar-refractivity contribution in [1.82, 2.24) is 0 Å². The predicted octanol–water partition coefficient (Wildman–Crippen LogP) is 0.0203. The maximum atomic E-state index is 12.3. The lowest BCUT2D eigenvalue weighted by Crippen LogP contribution is -2.62. The summed E-state index contributed by atoms with van der Waals surface area (Å²) in [6.07, 6.45) is -0.606. The van der Waals surface area contributed by atoms with Gasteiger partial charge in [0.2, 0.25) is 0 Å². The van der Waals surface area contributed by atoms with E-state index in [0.717, 1.165) is 12.0 Å². The number of esters is 1. The van der Waals surface area contributed by atoms with Crippen molar-refractivity contribution in [2.75, 3.05) is 12.9 Å². The van der Waals surface area contributed by atoms with Gasteiger partial charge in [0.15, 0.2) is 11.3 Å². The van der Waals surface area contributed by atoms with E-state index in [1.165, 1.54) is 11.8 Å².